The van der Waals surface area contributed by atoms with E-state index in [1.807, 2.05) is 0 Å². The first-order valence-corrected chi connectivity index (χ1v) is 5.59. The van der Waals surface area contributed by atoms with E-state index in [1.54, 1.807) is 0 Å². The molecule has 6 nitrogen and oxygen atoms in total. The quantitative estimate of drug-likeness (QED) is 0.384. The molecule has 2 rings (SSSR count). The van der Waals surface area contributed by atoms with Crippen LogP contribution in [0.5, 0.6) is 0 Å². The summed E-state index contributed by atoms with van der Waals surface area (Å²) in [5.41, 5.74) is 4.34. The van der Waals surface area contributed by atoms with Crippen molar-refractivity contribution in [3.05, 3.63) is 0 Å². The topological polar surface area (TPSA) is 104 Å². The molecule has 2 fully saturated rings. The second-order valence-corrected chi connectivity index (χ2v) is 5.04. The van der Waals surface area contributed by atoms with E-state index in [-0.39, 0.29) is 69.2 Å². The van der Waals surface area contributed by atoms with Gasteiger partial charge in [-0.25, -0.2) is 0 Å². The van der Waals surface area contributed by atoms with E-state index in [9.17, 15) is 9.59 Å². The Balaban J connectivity index is 0.00000128. The zero-order valence-corrected chi connectivity index (χ0v) is 8.74. The predicted molar refractivity (Wildman–Crippen MR) is 60.2 cm³/mol. The second kappa shape index (κ2) is 5.23. The molecule has 86 valence electrons. The molecular weight excluding hydrogens is 259 g/mol. The third-order valence-electron chi connectivity index (χ3n) is 2.94. The molecule has 16 heavy (non-hydrogen) atoms. The number of carbonyl (C=O) groups is 2. The van der Waals surface area contributed by atoms with Crippen LogP contribution in [0.2, 0.25) is 0 Å². The minimum absolute atomic E-state index is 0. The standard InChI is InChI=1S/C8H12N2O4S.K.H/c9-4-5(12)10-1-8(2-11,7(13)14)3-15-6(4)10;;/h4,6,11H,1-3,9H2,(H,13,14);;/t4?,6-,8?;;/m1../s1. The Hall–Kier alpha value is 0.846. The van der Waals surface area contributed by atoms with E-state index in [4.69, 9.17) is 15.9 Å². The molecule has 8 heteroatoms. The van der Waals surface area contributed by atoms with Gasteiger partial charge in [-0.2, -0.15) is 0 Å². The van der Waals surface area contributed by atoms with Crippen molar-refractivity contribution in [2.24, 2.45) is 11.1 Å². The summed E-state index contributed by atoms with van der Waals surface area (Å²) in [5, 5.41) is 18.0. The van der Waals surface area contributed by atoms with Crippen LogP contribution in [-0.2, 0) is 9.59 Å². The number of nitrogens with two attached hydrogens (primary N) is 1. The molecule has 0 aromatic carbocycles. The van der Waals surface area contributed by atoms with Crippen LogP contribution in [0.15, 0.2) is 0 Å². The van der Waals surface area contributed by atoms with Crippen molar-refractivity contribution < 1.29 is 19.8 Å². The molecule has 0 spiro atoms. The Labute approximate surface area is 139 Å². The van der Waals surface area contributed by atoms with Gasteiger partial charge in [0.1, 0.15) is 16.8 Å². The van der Waals surface area contributed by atoms with Gasteiger partial charge in [0.25, 0.3) is 0 Å². The zero-order valence-electron chi connectivity index (χ0n) is 7.92. The van der Waals surface area contributed by atoms with E-state index in [2.05, 4.69) is 0 Å². The zero-order chi connectivity index (χ0) is 11.2. The number of carbonyl (C=O) groups excluding carboxylic acids is 1. The fourth-order valence-corrected chi connectivity index (χ4v) is 3.30. The van der Waals surface area contributed by atoms with Crippen molar-refractivity contribution in [2.45, 2.75) is 11.4 Å². The van der Waals surface area contributed by atoms with Crippen LogP contribution >= 0.6 is 11.8 Å². The molecule has 2 aliphatic heterocycles. The normalized spacial score (nSPS) is 37.1. The molecule has 0 radical (unpaired) electrons. The molecule has 4 N–H and O–H groups in total. The molecule has 2 saturated heterocycles. The van der Waals surface area contributed by atoms with Gasteiger partial charge in [0.2, 0.25) is 5.91 Å². The van der Waals surface area contributed by atoms with Gasteiger partial charge < -0.3 is 20.8 Å². The summed E-state index contributed by atoms with van der Waals surface area (Å²) >= 11 is 1.32. The number of aliphatic hydroxyl groups is 1. The van der Waals surface area contributed by atoms with Gasteiger partial charge in [-0.15, -0.1) is 11.8 Å². The molecule has 2 heterocycles. The van der Waals surface area contributed by atoms with E-state index >= 15 is 0 Å². The number of carboxylic acids is 1. The van der Waals surface area contributed by atoms with Crippen LogP contribution < -0.4 is 5.73 Å². The van der Waals surface area contributed by atoms with E-state index in [0.717, 1.165) is 0 Å². The van der Waals surface area contributed by atoms with Crippen LogP contribution in [0, 0.1) is 5.41 Å². The van der Waals surface area contributed by atoms with Crippen molar-refractivity contribution in [3.63, 3.8) is 0 Å². The van der Waals surface area contributed by atoms with Gasteiger partial charge >= 0.3 is 57.4 Å². The van der Waals surface area contributed by atoms with Gasteiger partial charge in [0, 0.05) is 12.3 Å². The Kier molecular flexibility index (Phi) is 4.87. The Morgan fingerprint density at radius 1 is 1.69 bits per heavy atom. The number of fused-ring (bicyclic) bond motifs is 1. The first-order valence-electron chi connectivity index (χ1n) is 4.54. The molecule has 0 bridgehead atoms. The Morgan fingerprint density at radius 2 is 2.31 bits per heavy atom. The molecule has 2 aliphatic rings. The van der Waals surface area contributed by atoms with Crippen LogP contribution in [0.3, 0.4) is 0 Å². The monoisotopic (exact) mass is 272 g/mol. The average molecular weight is 272 g/mol. The maximum atomic E-state index is 11.3. The molecule has 3 atom stereocenters. The minimum atomic E-state index is -1.23. The molecule has 0 aromatic rings. The van der Waals surface area contributed by atoms with Gasteiger partial charge in [-0.3, -0.25) is 9.59 Å². The number of nitrogens with zero attached hydrogens (tertiary/aromatic N) is 1. The summed E-state index contributed by atoms with van der Waals surface area (Å²) in [6, 6.07) is -0.513. The molecule has 0 saturated carbocycles. The number of hydrogen-bond acceptors (Lipinski definition) is 5. The third kappa shape index (κ3) is 2.10. The van der Waals surface area contributed by atoms with Crippen LogP contribution in [-0.4, -0.2) is 109 Å². The summed E-state index contributed by atoms with van der Waals surface area (Å²) in [5.74, 6) is -1.00. The van der Waals surface area contributed by atoms with Crippen LogP contribution in [0.25, 0.3) is 0 Å². The Bertz CT molecular complexity index is 329. The summed E-state index contributed by atoms with van der Waals surface area (Å²) in [6.07, 6.45) is 0. The SMILES string of the molecule is NC1C(=O)N2CC(CO)(C(=O)O)CS[C@H]12.[KH]. The number of carboxylic acid groups (broad SMARTS) is 1. The van der Waals surface area contributed by atoms with Gasteiger partial charge in [0.15, 0.2) is 0 Å². The van der Waals surface area contributed by atoms with Gasteiger partial charge in [-0.05, 0) is 0 Å². The van der Waals surface area contributed by atoms with Gasteiger partial charge in [-0.1, -0.05) is 0 Å². The maximum absolute atomic E-state index is 11.3. The fourth-order valence-electron chi connectivity index (χ4n) is 1.82. The van der Waals surface area contributed by atoms with Gasteiger partial charge in [0.05, 0.1) is 6.61 Å². The number of thioether (sulfide) groups is 1. The average Bonchev–Trinajstić information content (AvgIpc) is 2.26. The van der Waals surface area contributed by atoms with Crippen molar-refractivity contribution in [2.75, 3.05) is 18.9 Å². The van der Waals surface area contributed by atoms with Crippen molar-refractivity contribution in [3.8, 4) is 0 Å². The number of β-lactam (4-membered cyclic amide) rings is 1. The molecule has 2 unspecified atom stereocenters. The van der Waals surface area contributed by atoms with Crippen LogP contribution in [0.1, 0.15) is 0 Å². The molecule has 0 aromatic heterocycles. The van der Waals surface area contributed by atoms with E-state index in [0.29, 0.717) is 5.75 Å². The van der Waals surface area contributed by atoms with E-state index < -0.39 is 24.0 Å². The molecule has 1 amide bonds. The second-order valence-electron chi connectivity index (χ2n) is 3.94. The third-order valence-corrected chi connectivity index (χ3v) is 4.55. The summed E-state index contributed by atoms with van der Waals surface area (Å²) in [4.78, 5) is 23.8. The fraction of sp³-hybridized carbons (Fsp3) is 0.750. The number of aliphatic hydroxyl groups excluding tert-OH is 1. The summed E-state index contributed by atoms with van der Waals surface area (Å²) < 4.78 is 0. The van der Waals surface area contributed by atoms with Crippen molar-refractivity contribution >= 4 is 75.0 Å². The first kappa shape index (κ1) is 14.9. The predicted octanol–water partition coefficient (Wildman–Crippen LogP) is -2.36. The summed E-state index contributed by atoms with van der Waals surface area (Å²) in [6.45, 7) is -0.399. The summed E-state index contributed by atoms with van der Waals surface area (Å²) in [7, 11) is 0. The number of aliphatic carboxylic acids is 1. The number of rotatable bonds is 2. The number of hydrogen-bond donors (Lipinski definition) is 3. The van der Waals surface area contributed by atoms with E-state index in [1.165, 1.54) is 16.7 Å². The Morgan fingerprint density at radius 3 is 2.81 bits per heavy atom. The number of amides is 1. The first-order chi connectivity index (χ1) is 7.02. The molecule has 0 aliphatic carbocycles. The molecular formula is C8H13KN2O4S. The van der Waals surface area contributed by atoms with Crippen molar-refractivity contribution in [1.82, 2.24) is 4.90 Å². The van der Waals surface area contributed by atoms with Crippen LogP contribution in [0.4, 0.5) is 0 Å². The van der Waals surface area contributed by atoms with Crippen molar-refractivity contribution in [1.29, 1.82) is 0 Å².